The molecule has 0 heterocycles. The first-order valence-electron chi connectivity index (χ1n) is 8.75. The second kappa shape index (κ2) is 8.95. The summed E-state index contributed by atoms with van der Waals surface area (Å²) in [5.41, 5.74) is 1.88. The highest BCUT2D eigenvalue weighted by Crippen LogP contribution is 2.38. The molecular formula is C19H24BrN3O3S. The predicted octanol–water partition coefficient (Wildman–Crippen LogP) is 5.72. The fraction of sp³-hybridized carbons (Fsp3) is 0.368. The smallest absolute Gasteiger partial charge is 0.243 e. The van der Waals surface area contributed by atoms with Crippen LogP contribution in [0.3, 0.4) is 0 Å². The molecule has 0 radical (unpaired) electrons. The highest BCUT2D eigenvalue weighted by Gasteiger charge is 2.21. The van der Waals surface area contributed by atoms with Crippen LogP contribution in [-0.2, 0) is 10.0 Å². The minimum Gasteiger partial charge on any atom is -0.505 e. The number of phenolic OH excluding ortho intramolecular Hbond substituents is 1. The van der Waals surface area contributed by atoms with E-state index in [4.69, 9.17) is 0 Å². The SMILES string of the molecule is CCN(CC)S(=O)(=O)c1ccc(N=Nc2cc(C(C)C)cc(Br)c2O)cc1. The van der Waals surface area contributed by atoms with E-state index in [1.165, 1.54) is 16.4 Å². The van der Waals surface area contributed by atoms with E-state index >= 15 is 0 Å². The van der Waals surface area contributed by atoms with E-state index in [0.29, 0.717) is 28.9 Å². The fourth-order valence-electron chi connectivity index (χ4n) is 2.52. The summed E-state index contributed by atoms with van der Waals surface area (Å²) in [5, 5.41) is 18.4. The van der Waals surface area contributed by atoms with E-state index in [1.54, 1.807) is 32.0 Å². The van der Waals surface area contributed by atoms with Crippen LogP contribution in [0, 0.1) is 0 Å². The number of nitrogens with zero attached hydrogens (tertiary/aromatic N) is 3. The third kappa shape index (κ3) is 4.94. The average molecular weight is 454 g/mol. The maximum absolute atomic E-state index is 12.5. The topological polar surface area (TPSA) is 82.3 Å². The molecule has 0 aliphatic rings. The second-order valence-electron chi connectivity index (χ2n) is 6.31. The Morgan fingerprint density at radius 2 is 1.67 bits per heavy atom. The van der Waals surface area contributed by atoms with Gasteiger partial charge < -0.3 is 5.11 Å². The van der Waals surface area contributed by atoms with Crippen molar-refractivity contribution in [3.63, 3.8) is 0 Å². The Hall–Kier alpha value is -1.77. The molecule has 8 heteroatoms. The Kier molecular flexibility index (Phi) is 7.13. The molecule has 0 atom stereocenters. The summed E-state index contributed by atoms with van der Waals surface area (Å²) >= 11 is 3.33. The van der Waals surface area contributed by atoms with Crippen molar-refractivity contribution in [3.05, 3.63) is 46.4 Å². The second-order valence-corrected chi connectivity index (χ2v) is 9.10. The number of rotatable bonds is 7. The zero-order valence-corrected chi connectivity index (χ0v) is 18.2. The first kappa shape index (κ1) is 21.5. The lowest BCUT2D eigenvalue weighted by atomic mass is 10.0. The Morgan fingerprint density at radius 1 is 1.07 bits per heavy atom. The third-order valence-electron chi connectivity index (χ3n) is 4.19. The van der Waals surface area contributed by atoms with Crippen LogP contribution in [0.25, 0.3) is 0 Å². The number of sulfonamides is 1. The van der Waals surface area contributed by atoms with Crippen molar-refractivity contribution < 1.29 is 13.5 Å². The summed E-state index contributed by atoms with van der Waals surface area (Å²) in [6.07, 6.45) is 0. The first-order chi connectivity index (χ1) is 12.7. The summed E-state index contributed by atoms with van der Waals surface area (Å²) in [4.78, 5) is 0.220. The van der Waals surface area contributed by atoms with Gasteiger partial charge in [-0.25, -0.2) is 8.42 Å². The molecule has 0 bridgehead atoms. The van der Waals surface area contributed by atoms with Crippen molar-refractivity contribution in [2.24, 2.45) is 10.2 Å². The summed E-state index contributed by atoms with van der Waals surface area (Å²) in [6.45, 7) is 8.55. The van der Waals surface area contributed by atoms with Gasteiger partial charge in [-0.15, -0.1) is 5.11 Å². The van der Waals surface area contributed by atoms with E-state index in [9.17, 15) is 13.5 Å². The van der Waals surface area contributed by atoms with Crippen LogP contribution < -0.4 is 0 Å². The maximum atomic E-state index is 12.5. The first-order valence-corrected chi connectivity index (χ1v) is 11.0. The van der Waals surface area contributed by atoms with Crippen LogP contribution in [0.1, 0.15) is 39.2 Å². The van der Waals surface area contributed by atoms with E-state index in [-0.39, 0.29) is 16.6 Å². The van der Waals surface area contributed by atoms with Gasteiger partial charge in [0.25, 0.3) is 0 Å². The van der Waals surface area contributed by atoms with Gasteiger partial charge in [-0.1, -0.05) is 27.7 Å². The molecule has 0 aliphatic heterocycles. The van der Waals surface area contributed by atoms with Crippen LogP contribution in [-0.4, -0.2) is 30.9 Å². The number of phenols is 1. The number of hydrogen-bond acceptors (Lipinski definition) is 5. The molecule has 2 rings (SSSR count). The van der Waals surface area contributed by atoms with Gasteiger partial charge >= 0.3 is 0 Å². The highest BCUT2D eigenvalue weighted by molar-refractivity contribution is 9.10. The van der Waals surface area contributed by atoms with Crippen molar-refractivity contribution in [1.82, 2.24) is 4.31 Å². The molecule has 2 aromatic carbocycles. The number of azo groups is 1. The molecule has 146 valence electrons. The summed E-state index contributed by atoms with van der Waals surface area (Å²) < 4.78 is 27.0. The predicted molar refractivity (Wildman–Crippen MR) is 111 cm³/mol. The van der Waals surface area contributed by atoms with E-state index in [1.807, 2.05) is 6.07 Å². The van der Waals surface area contributed by atoms with Crippen LogP contribution in [0.15, 0.2) is 56.0 Å². The molecule has 0 saturated heterocycles. The van der Waals surface area contributed by atoms with Gasteiger partial charge in [0.2, 0.25) is 10.0 Å². The lowest BCUT2D eigenvalue weighted by Gasteiger charge is -2.18. The molecule has 6 nitrogen and oxygen atoms in total. The van der Waals surface area contributed by atoms with Gasteiger partial charge in [-0.3, -0.25) is 0 Å². The van der Waals surface area contributed by atoms with Crippen molar-refractivity contribution in [1.29, 1.82) is 0 Å². The van der Waals surface area contributed by atoms with Crippen LogP contribution >= 0.6 is 15.9 Å². The van der Waals surface area contributed by atoms with E-state index in [0.717, 1.165) is 5.56 Å². The van der Waals surface area contributed by atoms with Crippen molar-refractivity contribution >= 4 is 37.3 Å². The minimum atomic E-state index is -3.50. The van der Waals surface area contributed by atoms with Crippen molar-refractivity contribution in [2.45, 2.75) is 38.5 Å². The number of halogens is 1. The Balaban J connectivity index is 2.30. The molecule has 0 aliphatic carbocycles. The normalized spacial score (nSPS) is 12.4. The van der Waals surface area contributed by atoms with Crippen LogP contribution in [0.5, 0.6) is 5.75 Å². The van der Waals surface area contributed by atoms with Gasteiger partial charge in [0.1, 0.15) is 5.69 Å². The molecule has 27 heavy (non-hydrogen) atoms. The van der Waals surface area contributed by atoms with Gasteiger partial charge in [0.15, 0.2) is 5.75 Å². The summed E-state index contributed by atoms with van der Waals surface area (Å²) in [5.74, 6) is 0.296. The summed E-state index contributed by atoms with van der Waals surface area (Å²) in [6, 6.07) is 9.86. The fourth-order valence-corrected chi connectivity index (χ4v) is 4.45. The van der Waals surface area contributed by atoms with E-state index < -0.39 is 10.0 Å². The zero-order chi connectivity index (χ0) is 20.2. The number of aromatic hydroxyl groups is 1. The monoisotopic (exact) mass is 453 g/mol. The lowest BCUT2D eigenvalue weighted by Crippen LogP contribution is -2.30. The molecule has 2 aromatic rings. The Labute approximate surface area is 169 Å². The molecule has 0 fully saturated rings. The zero-order valence-electron chi connectivity index (χ0n) is 15.8. The average Bonchev–Trinajstić information content (AvgIpc) is 2.63. The maximum Gasteiger partial charge on any atom is 0.243 e. The molecule has 0 saturated carbocycles. The summed E-state index contributed by atoms with van der Waals surface area (Å²) in [7, 11) is -3.50. The largest absolute Gasteiger partial charge is 0.505 e. The molecule has 0 unspecified atom stereocenters. The molecular weight excluding hydrogens is 430 g/mol. The van der Waals surface area contributed by atoms with Crippen LogP contribution in [0.2, 0.25) is 0 Å². The van der Waals surface area contributed by atoms with E-state index in [2.05, 4.69) is 40.0 Å². The number of hydrogen-bond donors (Lipinski definition) is 1. The lowest BCUT2D eigenvalue weighted by molar-refractivity contribution is 0.445. The molecule has 0 spiro atoms. The highest BCUT2D eigenvalue weighted by atomic mass is 79.9. The minimum absolute atomic E-state index is 0.0175. The van der Waals surface area contributed by atoms with Gasteiger partial charge in [0.05, 0.1) is 15.1 Å². The van der Waals surface area contributed by atoms with Gasteiger partial charge in [-0.2, -0.15) is 9.42 Å². The molecule has 0 aromatic heterocycles. The molecule has 1 N–H and O–H groups in total. The van der Waals surface area contributed by atoms with Crippen molar-refractivity contribution in [3.8, 4) is 5.75 Å². The van der Waals surface area contributed by atoms with Crippen LogP contribution in [0.4, 0.5) is 11.4 Å². The van der Waals surface area contributed by atoms with Gasteiger partial charge in [0, 0.05) is 13.1 Å². The van der Waals surface area contributed by atoms with Gasteiger partial charge in [-0.05, 0) is 63.8 Å². The quantitative estimate of drug-likeness (QED) is 0.543. The number of benzene rings is 2. The Morgan fingerprint density at radius 3 is 2.19 bits per heavy atom. The molecule has 0 amide bonds. The Bertz CT molecular complexity index is 922. The van der Waals surface area contributed by atoms with Crippen molar-refractivity contribution in [2.75, 3.05) is 13.1 Å². The third-order valence-corrected chi connectivity index (χ3v) is 6.85. The standard InChI is InChI=1S/C19H24BrN3O3S/c1-5-23(6-2)27(25,26)16-9-7-15(8-10-16)21-22-18-12-14(13(3)4)11-17(20)19(18)24/h7-13,24H,5-6H2,1-4H3.